The Morgan fingerprint density at radius 3 is 2.78 bits per heavy atom. The molecule has 2 rings (SSSR count). The van der Waals surface area contributed by atoms with Gasteiger partial charge in [-0.05, 0) is 24.5 Å². The predicted molar refractivity (Wildman–Crippen MR) is 69.1 cm³/mol. The summed E-state index contributed by atoms with van der Waals surface area (Å²) in [6, 6.07) is 5.14. The maximum Gasteiger partial charge on any atom is 0.311 e. The van der Waals surface area contributed by atoms with Gasteiger partial charge in [-0.1, -0.05) is 23.7 Å². The van der Waals surface area contributed by atoms with Crippen molar-refractivity contribution in [2.24, 2.45) is 0 Å². The quantitative estimate of drug-likeness (QED) is 0.851. The molecule has 1 amide bonds. The molecule has 0 spiro atoms. The number of nitrogens with zero attached hydrogens (tertiary/aromatic N) is 1. The Bertz CT molecular complexity index is 501. The molecular weight excluding hydrogens is 254 g/mol. The SMILES string of the molecule is CC(=O)N1CCCC(C(=O)O)c2cccc(Cl)c21. The molecule has 1 aliphatic heterocycles. The third-order valence-electron chi connectivity index (χ3n) is 3.22. The number of amides is 1. The first-order valence-corrected chi connectivity index (χ1v) is 6.19. The fourth-order valence-electron chi connectivity index (χ4n) is 2.39. The molecule has 1 atom stereocenters. The van der Waals surface area contributed by atoms with E-state index < -0.39 is 11.9 Å². The highest BCUT2D eigenvalue weighted by Crippen LogP contribution is 2.39. The fraction of sp³-hybridized carbons (Fsp3) is 0.385. The summed E-state index contributed by atoms with van der Waals surface area (Å²) in [4.78, 5) is 24.5. The van der Waals surface area contributed by atoms with Gasteiger partial charge in [0, 0.05) is 13.5 Å². The van der Waals surface area contributed by atoms with Gasteiger partial charge < -0.3 is 10.0 Å². The van der Waals surface area contributed by atoms with E-state index in [2.05, 4.69) is 0 Å². The second-order valence-corrected chi connectivity index (χ2v) is 4.79. The van der Waals surface area contributed by atoms with E-state index in [9.17, 15) is 14.7 Å². The second-order valence-electron chi connectivity index (χ2n) is 4.38. The lowest BCUT2D eigenvalue weighted by Crippen LogP contribution is -2.29. The normalized spacial score (nSPS) is 19.0. The van der Waals surface area contributed by atoms with Gasteiger partial charge in [0.15, 0.2) is 0 Å². The number of carboxylic acids is 1. The smallest absolute Gasteiger partial charge is 0.311 e. The lowest BCUT2D eigenvalue weighted by molar-refractivity contribution is -0.139. The molecule has 1 aliphatic rings. The number of carbonyl (C=O) groups excluding carboxylic acids is 1. The second kappa shape index (κ2) is 4.98. The van der Waals surface area contributed by atoms with Crippen LogP contribution in [0.25, 0.3) is 0 Å². The lowest BCUT2D eigenvalue weighted by atomic mass is 9.94. The Morgan fingerprint density at radius 2 is 2.17 bits per heavy atom. The Morgan fingerprint density at radius 1 is 1.44 bits per heavy atom. The van der Waals surface area contributed by atoms with Crippen molar-refractivity contribution in [3.8, 4) is 0 Å². The molecule has 96 valence electrons. The summed E-state index contributed by atoms with van der Waals surface area (Å²) in [5.74, 6) is -1.58. The number of halogens is 1. The molecule has 4 nitrogen and oxygen atoms in total. The highest BCUT2D eigenvalue weighted by Gasteiger charge is 2.30. The van der Waals surface area contributed by atoms with Gasteiger partial charge in [0.2, 0.25) is 5.91 Å². The summed E-state index contributed by atoms with van der Waals surface area (Å²) in [6.07, 6.45) is 1.17. The summed E-state index contributed by atoms with van der Waals surface area (Å²) in [5.41, 5.74) is 1.18. The Hall–Kier alpha value is -1.55. The largest absolute Gasteiger partial charge is 0.481 e. The zero-order valence-corrected chi connectivity index (χ0v) is 10.8. The van der Waals surface area contributed by atoms with Crippen LogP contribution in [0.3, 0.4) is 0 Å². The first kappa shape index (κ1) is 12.9. The Balaban J connectivity index is 2.60. The van der Waals surface area contributed by atoms with E-state index in [4.69, 9.17) is 11.6 Å². The number of fused-ring (bicyclic) bond motifs is 1. The first-order chi connectivity index (χ1) is 8.52. The van der Waals surface area contributed by atoms with Gasteiger partial charge in [0.25, 0.3) is 0 Å². The summed E-state index contributed by atoms with van der Waals surface area (Å²) >= 11 is 6.14. The summed E-state index contributed by atoms with van der Waals surface area (Å²) in [5, 5.41) is 9.71. The number of carbonyl (C=O) groups is 2. The minimum Gasteiger partial charge on any atom is -0.481 e. The molecule has 1 unspecified atom stereocenters. The summed E-state index contributed by atoms with van der Waals surface area (Å²) in [7, 11) is 0. The first-order valence-electron chi connectivity index (χ1n) is 5.81. The molecule has 0 aromatic heterocycles. The topological polar surface area (TPSA) is 57.6 Å². The third kappa shape index (κ3) is 2.20. The highest BCUT2D eigenvalue weighted by atomic mass is 35.5. The van der Waals surface area contributed by atoms with Crippen LogP contribution in [0.4, 0.5) is 5.69 Å². The van der Waals surface area contributed by atoms with Gasteiger partial charge in [0.1, 0.15) is 0 Å². The van der Waals surface area contributed by atoms with Crippen LogP contribution in [0.15, 0.2) is 18.2 Å². The van der Waals surface area contributed by atoms with Crippen LogP contribution in [-0.4, -0.2) is 23.5 Å². The van der Waals surface area contributed by atoms with Crippen LogP contribution in [0.5, 0.6) is 0 Å². The van der Waals surface area contributed by atoms with E-state index in [0.29, 0.717) is 35.7 Å². The highest BCUT2D eigenvalue weighted by molar-refractivity contribution is 6.34. The predicted octanol–water partition coefficient (Wildman–Crippen LogP) is 2.65. The molecule has 0 fully saturated rings. The average molecular weight is 268 g/mol. The van der Waals surface area contributed by atoms with E-state index in [1.165, 1.54) is 6.92 Å². The number of carboxylic acid groups (broad SMARTS) is 1. The monoisotopic (exact) mass is 267 g/mol. The van der Waals surface area contributed by atoms with Crippen molar-refractivity contribution < 1.29 is 14.7 Å². The number of rotatable bonds is 1. The van der Waals surface area contributed by atoms with Gasteiger partial charge in [-0.2, -0.15) is 0 Å². The van der Waals surface area contributed by atoms with Gasteiger partial charge in [0.05, 0.1) is 16.6 Å². The molecule has 0 saturated heterocycles. The molecule has 1 heterocycles. The number of aliphatic carboxylic acids is 1. The maximum atomic E-state index is 11.7. The number of hydrogen-bond donors (Lipinski definition) is 1. The van der Waals surface area contributed by atoms with E-state index >= 15 is 0 Å². The van der Waals surface area contributed by atoms with Crippen molar-refractivity contribution in [1.82, 2.24) is 0 Å². The van der Waals surface area contributed by atoms with Crippen LogP contribution in [-0.2, 0) is 9.59 Å². The fourth-order valence-corrected chi connectivity index (χ4v) is 2.67. The van der Waals surface area contributed by atoms with Crippen molar-refractivity contribution in [3.63, 3.8) is 0 Å². The molecule has 5 heteroatoms. The van der Waals surface area contributed by atoms with Crippen LogP contribution < -0.4 is 4.90 Å². The molecule has 0 saturated carbocycles. The zero-order chi connectivity index (χ0) is 13.3. The molecular formula is C13H14ClNO3. The van der Waals surface area contributed by atoms with E-state index in [1.54, 1.807) is 23.1 Å². The van der Waals surface area contributed by atoms with Crippen molar-refractivity contribution in [1.29, 1.82) is 0 Å². The lowest BCUT2D eigenvalue weighted by Gasteiger charge is -2.23. The van der Waals surface area contributed by atoms with Gasteiger partial charge in [-0.25, -0.2) is 0 Å². The van der Waals surface area contributed by atoms with Crippen LogP contribution >= 0.6 is 11.6 Å². The van der Waals surface area contributed by atoms with E-state index in [0.717, 1.165) is 0 Å². The number of anilines is 1. The summed E-state index contributed by atoms with van der Waals surface area (Å²) in [6.45, 7) is 1.98. The molecule has 18 heavy (non-hydrogen) atoms. The standard InChI is InChI=1S/C13H14ClNO3/c1-8(16)15-7-3-5-10(13(17)18)9-4-2-6-11(14)12(9)15/h2,4,6,10H,3,5,7H2,1H3,(H,17,18). The maximum absolute atomic E-state index is 11.7. The number of benzene rings is 1. The zero-order valence-electron chi connectivity index (χ0n) is 10.0. The number of para-hydroxylation sites is 1. The minimum atomic E-state index is -0.871. The van der Waals surface area contributed by atoms with Crippen LogP contribution in [0.1, 0.15) is 31.2 Å². The number of hydrogen-bond acceptors (Lipinski definition) is 2. The summed E-state index contributed by atoms with van der Waals surface area (Å²) < 4.78 is 0. The minimum absolute atomic E-state index is 0.115. The van der Waals surface area contributed by atoms with Crippen molar-refractivity contribution in [2.45, 2.75) is 25.7 Å². The Labute approximate surface area is 110 Å². The molecule has 0 bridgehead atoms. The van der Waals surface area contributed by atoms with Crippen LogP contribution in [0.2, 0.25) is 5.02 Å². The van der Waals surface area contributed by atoms with Crippen molar-refractivity contribution >= 4 is 29.2 Å². The third-order valence-corrected chi connectivity index (χ3v) is 3.52. The molecule has 1 aromatic rings. The van der Waals surface area contributed by atoms with Crippen molar-refractivity contribution in [2.75, 3.05) is 11.4 Å². The van der Waals surface area contributed by atoms with Crippen molar-refractivity contribution in [3.05, 3.63) is 28.8 Å². The molecule has 0 aliphatic carbocycles. The average Bonchev–Trinajstić information content (AvgIpc) is 2.49. The Kier molecular flexibility index (Phi) is 3.57. The van der Waals surface area contributed by atoms with Gasteiger partial charge in [-0.3, -0.25) is 9.59 Å². The molecule has 1 aromatic carbocycles. The molecule has 0 radical (unpaired) electrons. The van der Waals surface area contributed by atoms with Gasteiger partial charge >= 0.3 is 5.97 Å². The van der Waals surface area contributed by atoms with E-state index in [1.807, 2.05) is 0 Å². The molecule has 1 N–H and O–H groups in total. The van der Waals surface area contributed by atoms with Crippen LogP contribution in [0, 0.1) is 0 Å². The van der Waals surface area contributed by atoms with Gasteiger partial charge in [-0.15, -0.1) is 0 Å². The van der Waals surface area contributed by atoms with E-state index in [-0.39, 0.29) is 5.91 Å².